The van der Waals surface area contributed by atoms with Gasteiger partial charge in [0.25, 0.3) is 5.91 Å². The average molecular weight is 358 g/mol. The summed E-state index contributed by atoms with van der Waals surface area (Å²) in [6, 6.07) is 16.2. The average Bonchev–Trinajstić information content (AvgIpc) is 3.32. The number of aromatic nitrogens is 3. The number of nitrogens with one attached hydrogen (secondary N) is 1. The number of aromatic amines is 1. The first-order chi connectivity index (χ1) is 13.2. The number of fused-ring (bicyclic) bond motifs is 2. The van der Waals surface area contributed by atoms with Gasteiger partial charge in [-0.2, -0.15) is 5.10 Å². The van der Waals surface area contributed by atoms with Crippen LogP contribution in [0, 0.1) is 6.92 Å². The van der Waals surface area contributed by atoms with Gasteiger partial charge in [-0.1, -0.05) is 47.6 Å². The van der Waals surface area contributed by atoms with E-state index in [1.54, 1.807) is 6.07 Å². The van der Waals surface area contributed by atoms with E-state index in [0.717, 1.165) is 39.0 Å². The molecular weight excluding hydrogens is 340 g/mol. The number of hydrogen-bond acceptors (Lipinski definition) is 4. The number of carbonyl (C=O) groups excluding carboxylic acids is 1. The first-order valence-corrected chi connectivity index (χ1v) is 8.97. The van der Waals surface area contributed by atoms with Gasteiger partial charge in [-0.3, -0.25) is 9.89 Å². The van der Waals surface area contributed by atoms with E-state index in [9.17, 15) is 4.79 Å². The predicted molar refractivity (Wildman–Crippen MR) is 101 cm³/mol. The third-order valence-corrected chi connectivity index (χ3v) is 5.08. The van der Waals surface area contributed by atoms with Crippen molar-refractivity contribution in [2.45, 2.75) is 19.9 Å². The Morgan fingerprint density at radius 2 is 2.04 bits per heavy atom. The lowest BCUT2D eigenvalue weighted by Gasteiger charge is -2.25. The molecule has 1 N–H and O–H groups in total. The number of hydrogen-bond donors (Lipinski definition) is 1. The van der Waals surface area contributed by atoms with Gasteiger partial charge in [0.15, 0.2) is 0 Å². The molecule has 1 aliphatic heterocycles. The fourth-order valence-electron chi connectivity index (χ4n) is 3.72. The van der Waals surface area contributed by atoms with E-state index in [1.165, 1.54) is 0 Å². The van der Waals surface area contributed by atoms with Crippen molar-refractivity contribution < 1.29 is 9.32 Å². The largest absolute Gasteiger partial charge is 0.360 e. The number of aryl methyl sites for hydroxylation is 1. The zero-order valence-corrected chi connectivity index (χ0v) is 14.9. The Bertz CT molecular complexity index is 1150. The molecule has 6 nitrogen and oxygen atoms in total. The third-order valence-electron chi connectivity index (χ3n) is 5.08. The van der Waals surface area contributed by atoms with E-state index in [-0.39, 0.29) is 5.91 Å². The van der Waals surface area contributed by atoms with Crippen molar-refractivity contribution in [2.24, 2.45) is 0 Å². The molecule has 0 fully saturated rings. The van der Waals surface area contributed by atoms with Crippen LogP contribution in [0.15, 0.2) is 53.1 Å². The minimum absolute atomic E-state index is 0.0740. The molecule has 4 aromatic rings. The highest BCUT2D eigenvalue weighted by molar-refractivity contribution is 5.97. The van der Waals surface area contributed by atoms with Crippen molar-refractivity contribution in [1.29, 1.82) is 0 Å². The van der Waals surface area contributed by atoms with Crippen molar-refractivity contribution in [3.8, 4) is 11.3 Å². The second-order valence-electron chi connectivity index (χ2n) is 6.87. The van der Waals surface area contributed by atoms with Gasteiger partial charge in [0.1, 0.15) is 17.1 Å². The van der Waals surface area contributed by atoms with Crippen LogP contribution in [0.1, 0.15) is 27.5 Å². The fraction of sp³-hybridized carbons (Fsp3) is 0.190. The summed E-state index contributed by atoms with van der Waals surface area (Å²) in [5, 5.41) is 13.6. The molecule has 6 heteroatoms. The van der Waals surface area contributed by atoms with E-state index in [0.29, 0.717) is 25.2 Å². The molecule has 2 aromatic carbocycles. The van der Waals surface area contributed by atoms with Gasteiger partial charge in [-0.15, -0.1) is 0 Å². The molecule has 0 spiro atoms. The van der Waals surface area contributed by atoms with Gasteiger partial charge in [0.2, 0.25) is 0 Å². The molecule has 1 aliphatic rings. The molecule has 27 heavy (non-hydrogen) atoms. The number of amides is 1. The molecule has 1 amide bonds. The van der Waals surface area contributed by atoms with E-state index in [1.807, 2.05) is 30.0 Å². The van der Waals surface area contributed by atoms with E-state index in [2.05, 4.69) is 39.6 Å². The van der Waals surface area contributed by atoms with Crippen molar-refractivity contribution in [2.75, 3.05) is 6.54 Å². The Hall–Kier alpha value is -3.41. The Kier molecular flexibility index (Phi) is 3.57. The SMILES string of the molecule is Cc1cc(C(=O)N2CCc3onc(-c4cccc5ccccc45)c3C2)n[nH]1. The summed E-state index contributed by atoms with van der Waals surface area (Å²) in [5.74, 6) is 0.787. The fourth-order valence-corrected chi connectivity index (χ4v) is 3.72. The molecule has 0 radical (unpaired) electrons. The van der Waals surface area contributed by atoms with Crippen LogP contribution in [-0.2, 0) is 13.0 Å². The van der Waals surface area contributed by atoms with Gasteiger partial charge in [-0.05, 0) is 23.8 Å². The summed E-state index contributed by atoms with van der Waals surface area (Å²) in [6.07, 6.45) is 0.655. The maximum absolute atomic E-state index is 12.8. The number of benzene rings is 2. The van der Waals surface area contributed by atoms with Crippen molar-refractivity contribution in [3.63, 3.8) is 0 Å². The molecule has 2 aromatic heterocycles. The maximum atomic E-state index is 12.8. The lowest BCUT2D eigenvalue weighted by Crippen LogP contribution is -2.35. The Morgan fingerprint density at radius 1 is 1.19 bits per heavy atom. The summed E-state index contributed by atoms with van der Waals surface area (Å²) < 4.78 is 5.62. The zero-order valence-electron chi connectivity index (χ0n) is 14.9. The van der Waals surface area contributed by atoms with Crippen LogP contribution in [0.5, 0.6) is 0 Å². The molecular formula is C21H18N4O2. The Labute approximate surface area is 155 Å². The van der Waals surface area contributed by atoms with Crippen LogP contribution in [0.4, 0.5) is 0 Å². The van der Waals surface area contributed by atoms with Crippen molar-refractivity contribution in [3.05, 3.63) is 71.2 Å². The van der Waals surface area contributed by atoms with Gasteiger partial charge >= 0.3 is 0 Å². The quantitative estimate of drug-likeness (QED) is 0.592. The predicted octanol–water partition coefficient (Wildman–Crippen LogP) is 3.72. The van der Waals surface area contributed by atoms with Crippen LogP contribution >= 0.6 is 0 Å². The standard InChI is InChI=1S/C21H18N4O2/c1-13-11-18(23-22-13)21(26)25-10-9-19-17(12-25)20(24-27-19)16-8-4-6-14-5-2-3-7-15(14)16/h2-8,11H,9-10,12H2,1H3,(H,22,23). The number of nitrogens with zero attached hydrogens (tertiary/aromatic N) is 3. The highest BCUT2D eigenvalue weighted by Crippen LogP contribution is 2.34. The monoisotopic (exact) mass is 358 g/mol. The van der Waals surface area contributed by atoms with E-state index in [4.69, 9.17) is 4.52 Å². The summed E-state index contributed by atoms with van der Waals surface area (Å²) in [6.45, 7) is 2.96. The smallest absolute Gasteiger partial charge is 0.274 e. The van der Waals surface area contributed by atoms with Crippen LogP contribution in [0.25, 0.3) is 22.0 Å². The number of carbonyl (C=O) groups is 1. The summed E-state index contributed by atoms with van der Waals surface area (Å²) in [5.41, 5.74) is 4.15. The second kappa shape index (κ2) is 6.09. The minimum Gasteiger partial charge on any atom is -0.360 e. The van der Waals surface area contributed by atoms with Crippen LogP contribution in [0.3, 0.4) is 0 Å². The molecule has 0 bridgehead atoms. The van der Waals surface area contributed by atoms with Gasteiger partial charge in [-0.25, -0.2) is 0 Å². The number of H-pyrrole nitrogens is 1. The van der Waals surface area contributed by atoms with Crippen LogP contribution in [-0.4, -0.2) is 32.7 Å². The van der Waals surface area contributed by atoms with Gasteiger partial charge < -0.3 is 9.42 Å². The molecule has 0 unspecified atom stereocenters. The molecule has 0 saturated heterocycles. The van der Waals surface area contributed by atoms with E-state index < -0.39 is 0 Å². The highest BCUT2D eigenvalue weighted by Gasteiger charge is 2.29. The Morgan fingerprint density at radius 3 is 2.89 bits per heavy atom. The Balaban J connectivity index is 1.54. The summed E-state index contributed by atoms with van der Waals surface area (Å²) >= 11 is 0. The summed E-state index contributed by atoms with van der Waals surface area (Å²) in [4.78, 5) is 14.6. The van der Waals surface area contributed by atoms with Gasteiger partial charge in [0, 0.05) is 29.8 Å². The highest BCUT2D eigenvalue weighted by atomic mass is 16.5. The van der Waals surface area contributed by atoms with Gasteiger partial charge in [0.05, 0.1) is 6.54 Å². The molecule has 0 aliphatic carbocycles. The lowest BCUT2D eigenvalue weighted by atomic mass is 9.97. The van der Waals surface area contributed by atoms with Crippen LogP contribution < -0.4 is 0 Å². The molecule has 134 valence electrons. The van der Waals surface area contributed by atoms with Crippen molar-refractivity contribution >= 4 is 16.7 Å². The van der Waals surface area contributed by atoms with Crippen molar-refractivity contribution in [1.82, 2.24) is 20.3 Å². The summed E-state index contributed by atoms with van der Waals surface area (Å²) in [7, 11) is 0. The molecule has 5 rings (SSSR count). The first kappa shape index (κ1) is 15.8. The molecule has 0 saturated carbocycles. The molecule has 3 heterocycles. The minimum atomic E-state index is -0.0740. The topological polar surface area (TPSA) is 75.0 Å². The van der Waals surface area contributed by atoms with Crippen LogP contribution in [0.2, 0.25) is 0 Å². The second-order valence-corrected chi connectivity index (χ2v) is 6.87. The van der Waals surface area contributed by atoms with E-state index >= 15 is 0 Å². The number of rotatable bonds is 2. The maximum Gasteiger partial charge on any atom is 0.274 e. The lowest BCUT2D eigenvalue weighted by molar-refractivity contribution is 0.0723. The zero-order chi connectivity index (χ0) is 18.4. The first-order valence-electron chi connectivity index (χ1n) is 8.97. The molecule has 0 atom stereocenters. The third kappa shape index (κ3) is 2.61. The normalized spacial score (nSPS) is 13.7.